The zero-order valence-corrected chi connectivity index (χ0v) is 10.6. The van der Waals surface area contributed by atoms with Crippen LogP contribution in [0.2, 0.25) is 0 Å². The molecule has 0 aliphatic carbocycles. The van der Waals surface area contributed by atoms with Crippen LogP contribution in [0, 0.1) is 0 Å². The van der Waals surface area contributed by atoms with Gasteiger partial charge in [0.25, 0.3) is 0 Å². The number of primary amides is 1. The molecule has 4 nitrogen and oxygen atoms in total. The van der Waals surface area contributed by atoms with Crippen LogP contribution in [0.25, 0.3) is 0 Å². The van der Waals surface area contributed by atoms with Crippen LogP contribution in [0.3, 0.4) is 0 Å². The molecule has 1 aromatic rings. The lowest BCUT2D eigenvalue weighted by atomic mass is 10.2. The number of nitrogens with two attached hydrogens (primary N) is 1. The minimum absolute atomic E-state index is 0.155. The van der Waals surface area contributed by atoms with Gasteiger partial charge in [0.05, 0.1) is 6.10 Å². The van der Waals surface area contributed by atoms with Crippen LogP contribution in [-0.4, -0.2) is 18.1 Å². The standard InChI is InChI=1S/C13H20N2O2/c1-4-12(13(14)16)15-10-5-7-11(8-6-10)17-9(2)3/h5-9,12,15H,4H2,1-3H3,(H2,14,16). The summed E-state index contributed by atoms with van der Waals surface area (Å²) in [6.45, 7) is 5.87. The summed E-state index contributed by atoms with van der Waals surface area (Å²) < 4.78 is 5.53. The van der Waals surface area contributed by atoms with Crippen molar-refractivity contribution in [2.45, 2.75) is 39.3 Å². The van der Waals surface area contributed by atoms with Crippen molar-refractivity contribution in [3.8, 4) is 5.75 Å². The molecule has 0 saturated carbocycles. The van der Waals surface area contributed by atoms with Gasteiger partial charge < -0.3 is 15.8 Å². The fraction of sp³-hybridized carbons (Fsp3) is 0.462. The summed E-state index contributed by atoms with van der Waals surface area (Å²) in [4.78, 5) is 11.1. The van der Waals surface area contributed by atoms with E-state index in [1.807, 2.05) is 45.0 Å². The van der Waals surface area contributed by atoms with Crippen molar-refractivity contribution in [1.29, 1.82) is 0 Å². The highest BCUT2D eigenvalue weighted by molar-refractivity contribution is 5.82. The molecular weight excluding hydrogens is 216 g/mol. The van der Waals surface area contributed by atoms with Crippen molar-refractivity contribution in [1.82, 2.24) is 0 Å². The van der Waals surface area contributed by atoms with E-state index in [1.54, 1.807) is 0 Å². The molecule has 0 fully saturated rings. The van der Waals surface area contributed by atoms with Crippen LogP contribution in [0.4, 0.5) is 5.69 Å². The number of rotatable bonds is 6. The van der Waals surface area contributed by atoms with Crippen molar-refractivity contribution in [3.05, 3.63) is 24.3 Å². The van der Waals surface area contributed by atoms with E-state index in [2.05, 4.69) is 5.32 Å². The van der Waals surface area contributed by atoms with E-state index in [9.17, 15) is 4.79 Å². The van der Waals surface area contributed by atoms with Gasteiger partial charge in [-0.05, 0) is 44.5 Å². The average Bonchev–Trinajstić information content (AvgIpc) is 2.26. The summed E-state index contributed by atoms with van der Waals surface area (Å²) in [6, 6.07) is 7.17. The van der Waals surface area contributed by atoms with Gasteiger partial charge in [0.2, 0.25) is 5.91 Å². The molecular formula is C13H20N2O2. The van der Waals surface area contributed by atoms with Crippen molar-refractivity contribution in [2.24, 2.45) is 5.73 Å². The Hall–Kier alpha value is -1.71. The molecule has 0 aliphatic heterocycles. The molecule has 3 N–H and O–H groups in total. The second-order valence-electron chi connectivity index (χ2n) is 4.20. The first-order valence-electron chi connectivity index (χ1n) is 5.85. The second kappa shape index (κ2) is 6.13. The number of carbonyl (C=O) groups is 1. The summed E-state index contributed by atoms with van der Waals surface area (Å²) in [5, 5.41) is 3.08. The molecule has 0 saturated heterocycles. The molecule has 0 aromatic heterocycles. The van der Waals surface area contributed by atoms with Crippen LogP contribution in [0.15, 0.2) is 24.3 Å². The van der Waals surface area contributed by atoms with Crippen LogP contribution >= 0.6 is 0 Å². The van der Waals surface area contributed by atoms with Crippen molar-refractivity contribution in [3.63, 3.8) is 0 Å². The Labute approximate surface area is 102 Å². The topological polar surface area (TPSA) is 64.3 Å². The van der Waals surface area contributed by atoms with Gasteiger partial charge in [0.15, 0.2) is 0 Å². The number of amides is 1. The average molecular weight is 236 g/mol. The van der Waals surface area contributed by atoms with E-state index in [0.717, 1.165) is 11.4 Å². The maximum atomic E-state index is 11.1. The molecule has 4 heteroatoms. The minimum atomic E-state index is -0.338. The predicted octanol–water partition coefficient (Wildman–Crippen LogP) is 2.15. The number of anilines is 1. The van der Waals surface area contributed by atoms with Crippen LogP contribution in [-0.2, 0) is 4.79 Å². The van der Waals surface area contributed by atoms with Gasteiger partial charge in [-0.3, -0.25) is 4.79 Å². The van der Waals surface area contributed by atoms with E-state index >= 15 is 0 Å². The van der Waals surface area contributed by atoms with E-state index in [-0.39, 0.29) is 18.1 Å². The summed E-state index contributed by atoms with van der Waals surface area (Å²) in [5.41, 5.74) is 6.13. The Balaban J connectivity index is 2.64. The fourth-order valence-electron chi connectivity index (χ4n) is 1.48. The highest BCUT2D eigenvalue weighted by atomic mass is 16.5. The lowest BCUT2D eigenvalue weighted by Gasteiger charge is -2.15. The van der Waals surface area contributed by atoms with Gasteiger partial charge in [-0.25, -0.2) is 0 Å². The number of ether oxygens (including phenoxy) is 1. The number of benzene rings is 1. The summed E-state index contributed by atoms with van der Waals surface area (Å²) in [5.74, 6) is 0.479. The molecule has 0 spiro atoms. The van der Waals surface area contributed by atoms with Crippen LogP contribution < -0.4 is 15.8 Å². The van der Waals surface area contributed by atoms with Crippen molar-refractivity contribution >= 4 is 11.6 Å². The lowest BCUT2D eigenvalue weighted by molar-refractivity contribution is -0.118. The Morgan fingerprint density at radius 3 is 2.35 bits per heavy atom. The molecule has 1 atom stereocenters. The molecule has 1 unspecified atom stereocenters. The second-order valence-corrected chi connectivity index (χ2v) is 4.20. The van der Waals surface area contributed by atoms with Crippen molar-refractivity contribution < 1.29 is 9.53 Å². The molecule has 0 heterocycles. The summed E-state index contributed by atoms with van der Waals surface area (Å²) >= 11 is 0. The monoisotopic (exact) mass is 236 g/mol. The molecule has 1 rings (SSSR count). The third-order valence-electron chi connectivity index (χ3n) is 2.32. The summed E-state index contributed by atoms with van der Waals surface area (Å²) in [6.07, 6.45) is 0.822. The Morgan fingerprint density at radius 1 is 1.35 bits per heavy atom. The SMILES string of the molecule is CCC(Nc1ccc(OC(C)C)cc1)C(N)=O. The van der Waals surface area contributed by atoms with Crippen molar-refractivity contribution in [2.75, 3.05) is 5.32 Å². The summed E-state index contributed by atoms with van der Waals surface area (Å²) in [7, 11) is 0. The Morgan fingerprint density at radius 2 is 1.94 bits per heavy atom. The first-order valence-corrected chi connectivity index (χ1v) is 5.85. The third-order valence-corrected chi connectivity index (χ3v) is 2.32. The van der Waals surface area contributed by atoms with Gasteiger partial charge in [-0.2, -0.15) is 0 Å². The van der Waals surface area contributed by atoms with E-state index in [4.69, 9.17) is 10.5 Å². The number of carbonyl (C=O) groups excluding carboxylic acids is 1. The zero-order chi connectivity index (χ0) is 12.8. The van der Waals surface area contributed by atoms with E-state index in [1.165, 1.54) is 0 Å². The molecule has 0 radical (unpaired) electrons. The maximum absolute atomic E-state index is 11.1. The maximum Gasteiger partial charge on any atom is 0.239 e. The molecule has 0 aliphatic rings. The third kappa shape index (κ3) is 4.34. The zero-order valence-electron chi connectivity index (χ0n) is 10.6. The first-order chi connectivity index (χ1) is 8.02. The largest absolute Gasteiger partial charge is 0.491 e. The predicted molar refractivity (Wildman–Crippen MR) is 69.1 cm³/mol. The van der Waals surface area contributed by atoms with Gasteiger partial charge in [-0.1, -0.05) is 6.92 Å². The van der Waals surface area contributed by atoms with E-state index in [0.29, 0.717) is 6.42 Å². The molecule has 17 heavy (non-hydrogen) atoms. The normalized spacial score (nSPS) is 12.2. The first kappa shape index (κ1) is 13.4. The highest BCUT2D eigenvalue weighted by Crippen LogP contribution is 2.17. The van der Waals surface area contributed by atoms with Crippen LogP contribution in [0.5, 0.6) is 5.75 Å². The molecule has 0 bridgehead atoms. The molecule has 1 aromatic carbocycles. The van der Waals surface area contributed by atoms with E-state index < -0.39 is 0 Å². The van der Waals surface area contributed by atoms with Gasteiger partial charge in [0, 0.05) is 5.69 Å². The fourth-order valence-corrected chi connectivity index (χ4v) is 1.48. The highest BCUT2D eigenvalue weighted by Gasteiger charge is 2.11. The smallest absolute Gasteiger partial charge is 0.239 e. The minimum Gasteiger partial charge on any atom is -0.491 e. The van der Waals surface area contributed by atoms with Gasteiger partial charge >= 0.3 is 0 Å². The molecule has 94 valence electrons. The Kier molecular flexibility index (Phi) is 4.82. The lowest BCUT2D eigenvalue weighted by Crippen LogP contribution is -2.34. The number of hydrogen-bond donors (Lipinski definition) is 2. The Bertz CT molecular complexity index is 360. The number of hydrogen-bond acceptors (Lipinski definition) is 3. The number of nitrogens with one attached hydrogen (secondary N) is 1. The van der Waals surface area contributed by atoms with Crippen LogP contribution in [0.1, 0.15) is 27.2 Å². The quantitative estimate of drug-likeness (QED) is 0.795. The van der Waals surface area contributed by atoms with Gasteiger partial charge in [0.1, 0.15) is 11.8 Å². The van der Waals surface area contributed by atoms with Gasteiger partial charge in [-0.15, -0.1) is 0 Å². The molecule has 1 amide bonds.